The van der Waals surface area contributed by atoms with Gasteiger partial charge in [0.2, 0.25) is 10.0 Å². The van der Waals surface area contributed by atoms with Crippen molar-refractivity contribution in [2.75, 3.05) is 34.2 Å². The monoisotopic (exact) mass is 313 g/mol. The molecule has 0 radical (unpaired) electrons. The van der Waals surface area contributed by atoms with E-state index in [1.54, 1.807) is 19.2 Å². The lowest BCUT2D eigenvalue weighted by molar-refractivity contribution is 0.242. The highest BCUT2D eigenvalue weighted by Gasteiger charge is 2.24. The molecule has 0 aromatic heterocycles. The van der Waals surface area contributed by atoms with Crippen molar-refractivity contribution in [1.82, 2.24) is 14.9 Å². The van der Waals surface area contributed by atoms with Gasteiger partial charge in [-0.1, -0.05) is 32.0 Å². The summed E-state index contributed by atoms with van der Waals surface area (Å²) in [7, 11) is 2.28. The van der Waals surface area contributed by atoms with Crippen molar-refractivity contribution >= 4 is 10.0 Å². The molecule has 120 valence electrons. The van der Waals surface area contributed by atoms with Gasteiger partial charge in [0.25, 0.3) is 0 Å². The number of sulfonamides is 1. The fourth-order valence-electron chi connectivity index (χ4n) is 2.38. The van der Waals surface area contributed by atoms with Gasteiger partial charge in [0, 0.05) is 19.6 Å². The van der Waals surface area contributed by atoms with Crippen LogP contribution >= 0.6 is 0 Å². The van der Waals surface area contributed by atoms with Crippen molar-refractivity contribution in [3.05, 3.63) is 29.8 Å². The largest absolute Gasteiger partial charge is 0.316 e. The lowest BCUT2D eigenvalue weighted by Crippen LogP contribution is -2.40. The number of rotatable bonds is 8. The highest BCUT2D eigenvalue weighted by atomic mass is 32.2. The van der Waals surface area contributed by atoms with Gasteiger partial charge in [-0.25, -0.2) is 13.1 Å². The Hall–Kier alpha value is -0.950. The maximum Gasteiger partial charge on any atom is 0.240 e. The van der Waals surface area contributed by atoms with Crippen LogP contribution in [0, 0.1) is 5.41 Å². The lowest BCUT2D eigenvalue weighted by Gasteiger charge is -2.28. The summed E-state index contributed by atoms with van der Waals surface area (Å²) >= 11 is 0. The van der Waals surface area contributed by atoms with E-state index in [-0.39, 0.29) is 5.41 Å². The second-order valence-electron chi connectivity index (χ2n) is 6.36. The van der Waals surface area contributed by atoms with Gasteiger partial charge in [0.05, 0.1) is 4.90 Å². The molecule has 0 unspecified atom stereocenters. The molecule has 1 aromatic carbocycles. The van der Waals surface area contributed by atoms with E-state index < -0.39 is 10.0 Å². The molecule has 5 nitrogen and oxygen atoms in total. The van der Waals surface area contributed by atoms with Crippen LogP contribution in [-0.4, -0.2) is 47.6 Å². The molecule has 1 rings (SSSR count). The van der Waals surface area contributed by atoms with Crippen LogP contribution in [0.25, 0.3) is 0 Å². The van der Waals surface area contributed by atoms with Crippen LogP contribution < -0.4 is 10.0 Å². The molecule has 0 saturated heterocycles. The molecule has 0 atom stereocenters. The van der Waals surface area contributed by atoms with Crippen molar-refractivity contribution in [3.8, 4) is 0 Å². The Bertz CT molecular complexity index is 554. The number of nitrogens with zero attached hydrogens (tertiary/aromatic N) is 1. The summed E-state index contributed by atoms with van der Waals surface area (Å²) < 4.78 is 27.8. The van der Waals surface area contributed by atoms with E-state index in [9.17, 15) is 8.42 Å². The Morgan fingerprint density at radius 3 is 2.38 bits per heavy atom. The first-order valence-electron chi connectivity index (χ1n) is 7.05. The van der Waals surface area contributed by atoms with E-state index in [1.807, 2.05) is 26.2 Å². The summed E-state index contributed by atoms with van der Waals surface area (Å²) in [5.74, 6) is 0. The van der Waals surface area contributed by atoms with Crippen LogP contribution in [0.1, 0.15) is 19.4 Å². The maximum absolute atomic E-state index is 12.5. The van der Waals surface area contributed by atoms with E-state index in [4.69, 9.17) is 0 Å². The SMILES string of the molecule is CNCc1ccccc1S(=O)(=O)NCC(C)(C)CN(C)C. The van der Waals surface area contributed by atoms with Crippen molar-refractivity contribution in [2.24, 2.45) is 5.41 Å². The van der Waals surface area contributed by atoms with Gasteiger partial charge in [-0.05, 0) is 38.2 Å². The maximum atomic E-state index is 12.5. The second kappa shape index (κ2) is 7.35. The van der Waals surface area contributed by atoms with Crippen LogP contribution in [0.4, 0.5) is 0 Å². The minimum Gasteiger partial charge on any atom is -0.316 e. The van der Waals surface area contributed by atoms with Crippen LogP contribution in [0.5, 0.6) is 0 Å². The van der Waals surface area contributed by atoms with Gasteiger partial charge in [-0.15, -0.1) is 0 Å². The highest BCUT2D eigenvalue weighted by Crippen LogP contribution is 2.18. The first kappa shape index (κ1) is 18.1. The number of nitrogens with one attached hydrogen (secondary N) is 2. The Labute approximate surface area is 128 Å². The van der Waals surface area contributed by atoms with Gasteiger partial charge in [-0.2, -0.15) is 0 Å². The van der Waals surface area contributed by atoms with Gasteiger partial charge < -0.3 is 10.2 Å². The molecule has 0 spiro atoms. The zero-order valence-corrected chi connectivity index (χ0v) is 14.4. The average Bonchev–Trinajstić information content (AvgIpc) is 2.36. The molecule has 0 bridgehead atoms. The van der Waals surface area contributed by atoms with Crippen LogP contribution in [-0.2, 0) is 16.6 Å². The zero-order valence-electron chi connectivity index (χ0n) is 13.6. The first-order valence-corrected chi connectivity index (χ1v) is 8.53. The van der Waals surface area contributed by atoms with E-state index in [2.05, 4.69) is 28.8 Å². The minimum absolute atomic E-state index is 0.130. The Morgan fingerprint density at radius 2 is 1.81 bits per heavy atom. The lowest BCUT2D eigenvalue weighted by atomic mass is 9.93. The molecule has 0 aliphatic rings. The number of hydrogen-bond acceptors (Lipinski definition) is 4. The number of hydrogen-bond donors (Lipinski definition) is 2. The van der Waals surface area contributed by atoms with Crippen LogP contribution in [0.3, 0.4) is 0 Å². The summed E-state index contributed by atoms with van der Waals surface area (Å²) in [6, 6.07) is 7.07. The zero-order chi connectivity index (χ0) is 16.1. The molecule has 2 N–H and O–H groups in total. The molecule has 0 fully saturated rings. The van der Waals surface area contributed by atoms with Gasteiger partial charge in [0.1, 0.15) is 0 Å². The van der Waals surface area contributed by atoms with Crippen molar-refractivity contribution in [1.29, 1.82) is 0 Å². The third-order valence-corrected chi connectivity index (χ3v) is 4.62. The van der Waals surface area contributed by atoms with E-state index in [0.717, 1.165) is 12.1 Å². The van der Waals surface area contributed by atoms with Gasteiger partial charge in [-0.3, -0.25) is 0 Å². The third-order valence-electron chi connectivity index (χ3n) is 3.11. The normalized spacial score (nSPS) is 12.9. The molecule has 0 saturated carbocycles. The fraction of sp³-hybridized carbons (Fsp3) is 0.600. The summed E-state index contributed by atoms with van der Waals surface area (Å²) in [6.45, 7) is 5.84. The van der Waals surface area contributed by atoms with Gasteiger partial charge >= 0.3 is 0 Å². The summed E-state index contributed by atoms with van der Waals surface area (Å²) in [6.07, 6.45) is 0. The molecule has 0 aliphatic carbocycles. The predicted octanol–water partition coefficient (Wildman–Crippen LogP) is 1.27. The van der Waals surface area contributed by atoms with Gasteiger partial charge in [0.15, 0.2) is 0 Å². The second-order valence-corrected chi connectivity index (χ2v) is 8.10. The predicted molar refractivity (Wildman–Crippen MR) is 86.7 cm³/mol. The molecule has 21 heavy (non-hydrogen) atoms. The molecule has 0 amide bonds. The highest BCUT2D eigenvalue weighted by molar-refractivity contribution is 7.89. The van der Waals surface area contributed by atoms with Crippen LogP contribution in [0.15, 0.2) is 29.2 Å². The summed E-state index contributed by atoms with van der Waals surface area (Å²) in [5, 5.41) is 3.00. The minimum atomic E-state index is -3.49. The molecule has 6 heteroatoms. The summed E-state index contributed by atoms with van der Waals surface area (Å²) in [5.41, 5.74) is 0.645. The van der Waals surface area contributed by atoms with E-state index in [1.165, 1.54) is 0 Å². The van der Waals surface area contributed by atoms with Crippen molar-refractivity contribution < 1.29 is 8.42 Å². The quantitative estimate of drug-likeness (QED) is 0.759. The molecule has 0 aliphatic heterocycles. The van der Waals surface area contributed by atoms with Crippen LogP contribution in [0.2, 0.25) is 0 Å². The smallest absolute Gasteiger partial charge is 0.240 e. The first-order chi connectivity index (χ1) is 9.68. The average molecular weight is 313 g/mol. The number of benzene rings is 1. The Morgan fingerprint density at radius 1 is 1.19 bits per heavy atom. The third kappa shape index (κ3) is 5.74. The summed E-state index contributed by atoms with van der Waals surface area (Å²) in [4.78, 5) is 2.41. The molecule has 0 heterocycles. The topological polar surface area (TPSA) is 61.4 Å². The van der Waals surface area contributed by atoms with E-state index in [0.29, 0.717) is 18.0 Å². The molecular formula is C15H27N3O2S. The van der Waals surface area contributed by atoms with E-state index >= 15 is 0 Å². The standard InChI is InChI=1S/C15H27N3O2S/c1-15(2,12-18(4)5)11-17-21(19,20)14-9-7-6-8-13(14)10-16-3/h6-9,16-17H,10-12H2,1-5H3. The molecule has 1 aromatic rings. The van der Waals surface area contributed by atoms with Crippen molar-refractivity contribution in [2.45, 2.75) is 25.3 Å². The Kier molecular flexibility index (Phi) is 6.34. The Balaban J connectivity index is 2.88. The fourth-order valence-corrected chi connectivity index (χ4v) is 3.86. The van der Waals surface area contributed by atoms with Crippen molar-refractivity contribution in [3.63, 3.8) is 0 Å². The molecular weight excluding hydrogens is 286 g/mol.